The van der Waals surface area contributed by atoms with E-state index in [-0.39, 0.29) is 5.97 Å². The zero-order valence-corrected chi connectivity index (χ0v) is 17.3. The Kier molecular flexibility index (Phi) is 6.40. The van der Waals surface area contributed by atoms with Gasteiger partial charge in [-0.15, -0.1) is 0 Å². The van der Waals surface area contributed by atoms with Crippen molar-refractivity contribution in [3.05, 3.63) is 84.2 Å². The number of benzene rings is 2. The first-order valence-corrected chi connectivity index (χ1v) is 10.4. The Hall–Kier alpha value is -3.18. The summed E-state index contributed by atoms with van der Waals surface area (Å²) in [7, 11) is 2.15. The van der Waals surface area contributed by atoms with Crippen molar-refractivity contribution in [2.75, 3.05) is 26.7 Å². The number of carbonyl (C=O) groups excluding carboxylic acids is 1. The first-order valence-electron chi connectivity index (χ1n) is 10.4. The molecule has 5 heteroatoms. The van der Waals surface area contributed by atoms with Gasteiger partial charge in [0.2, 0.25) is 0 Å². The van der Waals surface area contributed by atoms with Crippen molar-refractivity contribution >= 4 is 11.5 Å². The van der Waals surface area contributed by atoms with E-state index in [1.807, 2.05) is 35.3 Å². The summed E-state index contributed by atoms with van der Waals surface area (Å²) >= 11 is 0. The van der Waals surface area contributed by atoms with E-state index in [2.05, 4.69) is 47.4 Å². The second-order valence-electron chi connectivity index (χ2n) is 7.67. The van der Waals surface area contributed by atoms with E-state index < -0.39 is 0 Å². The van der Waals surface area contributed by atoms with Crippen molar-refractivity contribution in [2.24, 2.45) is 0 Å². The van der Waals surface area contributed by atoms with E-state index >= 15 is 0 Å². The number of nitrogens with zero attached hydrogens (tertiary/aromatic N) is 3. The molecule has 0 aliphatic carbocycles. The topological polar surface area (TPSA) is 47.4 Å². The molecule has 30 heavy (non-hydrogen) atoms. The normalized spacial score (nSPS) is 14.4. The molecule has 0 saturated heterocycles. The van der Waals surface area contributed by atoms with E-state index in [0.29, 0.717) is 18.7 Å². The summed E-state index contributed by atoms with van der Waals surface area (Å²) in [6.45, 7) is 3.22. The van der Waals surface area contributed by atoms with Crippen LogP contribution >= 0.6 is 0 Å². The van der Waals surface area contributed by atoms with Gasteiger partial charge in [0, 0.05) is 37.8 Å². The Morgan fingerprint density at radius 2 is 1.80 bits per heavy atom. The lowest BCUT2D eigenvalue weighted by molar-refractivity contribution is 0.0495. The maximum atomic E-state index is 12.0. The van der Waals surface area contributed by atoms with Crippen molar-refractivity contribution in [1.82, 2.24) is 14.7 Å². The van der Waals surface area contributed by atoms with Crippen molar-refractivity contribution < 1.29 is 9.53 Å². The van der Waals surface area contributed by atoms with E-state index in [4.69, 9.17) is 4.74 Å². The molecule has 0 radical (unpaired) electrons. The molecule has 1 aliphatic rings. The van der Waals surface area contributed by atoms with Gasteiger partial charge in [-0.2, -0.15) is 5.10 Å². The third kappa shape index (κ3) is 5.05. The third-order valence-corrected chi connectivity index (χ3v) is 5.41. The van der Waals surface area contributed by atoms with Crippen LogP contribution in [-0.2, 0) is 11.3 Å². The molecule has 4 rings (SSSR count). The Bertz CT molecular complexity index is 1010. The highest BCUT2D eigenvalue weighted by Crippen LogP contribution is 2.25. The average molecular weight is 402 g/mol. The van der Waals surface area contributed by atoms with Gasteiger partial charge in [-0.25, -0.2) is 4.79 Å². The smallest absolute Gasteiger partial charge is 0.338 e. The maximum absolute atomic E-state index is 12.0. The van der Waals surface area contributed by atoms with Crippen LogP contribution in [0.4, 0.5) is 0 Å². The van der Waals surface area contributed by atoms with Gasteiger partial charge in [0.05, 0.1) is 18.4 Å². The minimum atomic E-state index is -0.281. The standard InChI is InChI=1S/C25H27N3O2/c1-27-15-12-22(13-16-27)20-8-10-21(11-9-20)24-18-26-28(19-24)14-5-17-30-25(29)23-6-3-2-4-7-23/h2-4,6-12,18-19H,5,13-17H2,1H3. The summed E-state index contributed by atoms with van der Waals surface area (Å²) in [4.78, 5) is 14.3. The van der Waals surface area contributed by atoms with Crippen molar-refractivity contribution in [2.45, 2.75) is 19.4 Å². The minimum Gasteiger partial charge on any atom is -0.462 e. The third-order valence-electron chi connectivity index (χ3n) is 5.41. The van der Waals surface area contributed by atoms with Gasteiger partial charge < -0.3 is 9.64 Å². The highest BCUT2D eigenvalue weighted by molar-refractivity contribution is 5.89. The van der Waals surface area contributed by atoms with Gasteiger partial charge >= 0.3 is 5.97 Å². The van der Waals surface area contributed by atoms with Crippen LogP contribution < -0.4 is 0 Å². The van der Waals surface area contributed by atoms with Crippen LogP contribution in [0.2, 0.25) is 0 Å². The number of carbonyl (C=O) groups is 1. The zero-order chi connectivity index (χ0) is 20.8. The lowest BCUT2D eigenvalue weighted by Gasteiger charge is -2.22. The van der Waals surface area contributed by atoms with E-state index in [1.165, 1.54) is 11.1 Å². The van der Waals surface area contributed by atoms with Crippen LogP contribution in [0.25, 0.3) is 16.7 Å². The zero-order valence-electron chi connectivity index (χ0n) is 17.3. The number of ether oxygens (including phenoxy) is 1. The Balaban J connectivity index is 1.28. The lowest BCUT2D eigenvalue weighted by atomic mass is 9.97. The van der Waals surface area contributed by atoms with E-state index in [1.54, 1.807) is 12.1 Å². The molecule has 0 fully saturated rings. The van der Waals surface area contributed by atoms with E-state index in [0.717, 1.165) is 37.1 Å². The SMILES string of the molecule is CN1CC=C(c2ccc(-c3cnn(CCCOC(=O)c4ccccc4)c3)cc2)CC1. The molecule has 5 nitrogen and oxygen atoms in total. The Morgan fingerprint density at radius 1 is 1.03 bits per heavy atom. The predicted molar refractivity (Wildman–Crippen MR) is 119 cm³/mol. The number of aryl methyl sites for hydroxylation is 1. The monoisotopic (exact) mass is 401 g/mol. The number of rotatable bonds is 7. The number of aromatic nitrogens is 2. The van der Waals surface area contributed by atoms with Gasteiger partial charge in [0.25, 0.3) is 0 Å². The molecular weight excluding hydrogens is 374 g/mol. The van der Waals surface area contributed by atoms with Gasteiger partial charge in [0.15, 0.2) is 0 Å². The van der Waals surface area contributed by atoms with Crippen LogP contribution in [0, 0.1) is 0 Å². The predicted octanol–water partition coefficient (Wildman–Crippen LogP) is 4.52. The molecule has 0 N–H and O–H groups in total. The first kappa shape index (κ1) is 20.1. The molecule has 3 aromatic rings. The van der Waals surface area contributed by atoms with E-state index in [9.17, 15) is 4.79 Å². The molecule has 1 aromatic heterocycles. The lowest BCUT2D eigenvalue weighted by Crippen LogP contribution is -2.23. The largest absolute Gasteiger partial charge is 0.462 e. The minimum absolute atomic E-state index is 0.281. The fourth-order valence-electron chi connectivity index (χ4n) is 3.59. The Morgan fingerprint density at radius 3 is 2.53 bits per heavy atom. The highest BCUT2D eigenvalue weighted by atomic mass is 16.5. The maximum Gasteiger partial charge on any atom is 0.338 e. The number of hydrogen-bond acceptors (Lipinski definition) is 4. The fraction of sp³-hybridized carbons (Fsp3) is 0.280. The summed E-state index contributed by atoms with van der Waals surface area (Å²) in [6, 6.07) is 17.8. The number of hydrogen-bond donors (Lipinski definition) is 0. The molecule has 2 heterocycles. The van der Waals surface area contributed by atoms with Crippen LogP contribution in [0.3, 0.4) is 0 Å². The molecule has 0 saturated carbocycles. The van der Waals surface area contributed by atoms with Gasteiger partial charge in [-0.3, -0.25) is 4.68 Å². The molecular formula is C25H27N3O2. The second-order valence-corrected chi connectivity index (χ2v) is 7.67. The molecule has 0 amide bonds. The molecule has 154 valence electrons. The molecule has 1 aliphatic heterocycles. The summed E-state index contributed by atoms with van der Waals surface area (Å²) < 4.78 is 7.23. The second kappa shape index (κ2) is 9.55. The molecule has 2 aromatic carbocycles. The molecule has 0 atom stereocenters. The van der Waals surface area contributed by atoms with Gasteiger partial charge in [-0.05, 0) is 42.3 Å². The molecule has 0 bridgehead atoms. The average Bonchev–Trinajstić information content (AvgIpc) is 3.27. The molecule has 0 spiro atoms. The van der Waals surface area contributed by atoms with Crippen molar-refractivity contribution in [1.29, 1.82) is 0 Å². The number of likely N-dealkylation sites (N-methyl/N-ethyl adjacent to an activating group) is 1. The quantitative estimate of drug-likeness (QED) is 0.432. The molecule has 0 unspecified atom stereocenters. The van der Waals surface area contributed by atoms with Crippen LogP contribution in [0.15, 0.2) is 73.1 Å². The van der Waals surface area contributed by atoms with Crippen LogP contribution in [0.1, 0.15) is 28.8 Å². The summed E-state index contributed by atoms with van der Waals surface area (Å²) in [6.07, 6.45) is 8.08. The summed E-state index contributed by atoms with van der Waals surface area (Å²) in [5, 5.41) is 4.45. The first-order chi connectivity index (χ1) is 14.7. The Labute approximate surface area is 177 Å². The van der Waals surface area contributed by atoms with Crippen molar-refractivity contribution in [3.8, 4) is 11.1 Å². The highest BCUT2D eigenvalue weighted by Gasteiger charge is 2.10. The fourth-order valence-corrected chi connectivity index (χ4v) is 3.59. The summed E-state index contributed by atoms with van der Waals surface area (Å²) in [5.41, 5.74) is 5.58. The van der Waals surface area contributed by atoms with Gasteiger partial charge in [0.1, 0.15) is 0 Å². The van der Waals surface area contributed by atoms with Gasteiger partial charge in [-0.1, -0.05) is 48.5 Å². The number of esters is 1. The summed E-state index contributed by atoms with van der Waals surface area (Å²) in [5.74, 6) is -0.281. The van der Waals surface area contributed by atoms with Crippen LogP contribution in [0.5, 0.6) is 0 Å². The van der Waals surface area contributed by atoms with Crippen LogP contribution in [-0.4, -0.2) is 47.4 Å². The van der Waals surface area contributed by atoms with Crippen molar-refractivity contribution in [3.63, 3.8) is 0 Å².